The number of benzene rings is 2. The molecule has 0 amide bonds. The Morgan fingerprint density at radius 2 is 1.18 bits per heavy atom. The summed E-state index contributed by atoms with van der Waals surface area (Å²) in [6.45, 7) is 32.6. The maximum Gasteiger partial charge on any atom is 0.335 e. The molecule has 0 saturated heterocycles. The fourth-order valence-corrected chi connectivity index (χ4v) is 6.22. The Balaban J connectivity index is 2.97. The van der Waals surface area contributed by atoms with Crippen molar-refractivity contribution in [2.45, 2.75) is 169 Å². The molecule has 0 spiro atoms. The van der Waals surface area contributed by atoms with E-state index in [0.29, 0.717) is 11.5 Å². The number of ether oxygens (including phenoxy) is 1. The molecule has 0 aliphatic rings. The molecule has 2 aromatic rings. The van der Waals surface area contributed by atoms with Crippen molar-refractivity contribution in [1.29, 1.82) is 0 Å². The van der Waals surface area contributed by atoms with Crippen LogP contribution in [0.15, 0.2) is 36.9 Å². The maximum atomic E-state index is 12.8. The Bertz CT molecular complexity index is 1280. The van der Waals surface area contributed by atoms with Crippen LogP contribution in [0.3, 0.4) is 0 Å². The number of hydrogen-bond donors (Lipinski definition) is 1. The molecule has 246 valence electrons. The second-order valence-corrected chi connectivity index (χ2v) is 16.4. The van der Waals surface area contributed by atoms with Crippen LogP contribution in [-0.2, 0) is 26.5 Å². The Hall–Kier alpha value is -2.55. The molecule has 0 saturated carbocycles. The molecule has 0 aromatic heterocycles. The monoisotopic (exact) mass is 604 g/mol. The molecule has 0 aliphatic carbocycles. The summed E-state index contributed by atoms with van der Waals surface area (Å²) in [5, 5.41) is 12.0. The second kappa shape index (κ2) is 14.7. The predicted molar refractivity (Wildman–Crippen MR) is 190 cm³/mol. The number of hydrogen-bond acceptors (Lipinski definition) is 3. The molecule has 0 bridgehead atoms. The predicted octanol–water partition coefficient (Wildman–Crippen LogP) is 11.9. The van der Waals surface area contributed by atoms with Crippen LogP contribution in [0, 0.1) is 0 Å². The van der Waals surface area contributed by atoms with E-state index >= 15 is 0 Å². The maximum absolute atomic E-state index is 12.8. The Morgan fingerprint density at radius 1 is 0.750 bits per heavy atom. The Morgan fingerprint density at radius 3 is 1.59 bits per heavy atom. The molecule has 3 nitrogen and oxygen atoms in total. The average Bonchev–Trinajstić information content (AvgIpc) is 2.91. The highest BCUT2D eigenvalue weighted by Gasteiger charge is 2.33. The van der Waals surface area contributed by atoms with E-state index in [9.17, 15) is 9.90 Å². The lowest BCUT2D eigenvalue weighted by atomic mass is 9.72. The molecule has 2 rings (SSSR count). The molecule has 0 heterocycles. The van der Waals surface area contributed by atoms with E-state index in [-0.39, 0.29) is 27.6 Å². The largest absolute Gasteiger partial charge is 0.507 e. The van der Waals surface area contributed by atoms with Gasteiger partial charge >= 0.3 is 5.97 Å². The third-order valence-corrected chi connectivity index (χ3v) is 9.55. The minimum absolute atomic E-state index is 0.0465. The molecule has 0 fully saturated rings. The molecular weight excluding hydrogens is 540 g/mol. The number of rotatable bonds is 14. The normalized spacial score (nSPS) is 13.6. The lowest BCUT2D eigenvalue weighted by Gasteiger charge is -2.34. The van der Waals surface area contributed by atoms with Gasteiger partial charge in [-0.1, -0.05) is 159 Å². The van der Waals surface area contributed by atoms with E-state index in [4.69, 9.17) is 4.74 Å². The van der Waals surface area contributed by atoms with Crippen LogP contribution < -0.4 is 4.74 Å². The van der Waals surface area contributed by atoms with Crippen molar-refractivity contribution in [1.82, 2.24) is 0 Å². The van der Waals surface area contributed by atoms with Gasteiger partial charge < -0.3 is 9.84 Å². The summed E-state index contributed by atoms with van der Waals surface area (Å²) >= 11 is 0. The van der Waals surface area contributed by atoms with E-state index in [1.165, 1.54) is 49.3 Å². The van der Waals surface area contributed by atoms with Crippen molar-refractivity contribution in [3.8, 4) is 11.5 Å². The molecule has 1 unspecified atom stereocenters. The summed E-state index contributed by atoms with van der Waals surface area (Å²) in [5.74, 6) is 0.239. The van der Waals surface area contributed by atoms with Crippen LogP contribution in [0.4, 0.5) is 0 Å². The average molecular weight is 605 g/mol. The second-order valence-electron chi connectivity index (χ2n) is 16.4. The Kier molecular flexibility index (Phi) is 12.6. The number of phenolic OH excluding ortho intramolecular Hbond substituents is 1. The van der Waals surface area contributed by atoms with Crippen molar-refractivity contribution in [2.75, 3.05) is 0 Å². The fraction of sp³-hybridized carbons (Fsp3) is 0.634. The van der Waals surface area contributed by atoms with Crippen LogP contribution in [0.2, 0.25) is 0 Å². The lowest BCUT2D eigenvalue weighted by molar-refractivity contribution is -0.129. The number of esters is 1. The van der Waals surface area contributed by atoms with E-state index in [1.54, 1.807) is 0 Å². The van der Waals surface area contributed by atoms with Crippen molar-refractivity contribution in [3.63, 3.8) is 0 Å². The highest BCUT2D eigenvalue weighted by molar-refractivity contribution is 5.84. The zero-order chi connectivity index (χ0) is 33.7. The quantitative estimate of drug-likeness (QED) is 0.101. The first kappa shape index (κ1) is 37.6. The lowest BCUT2D eigenvalue weighted by Crippen LogP contribution is -2.23. The van der Waals surface area contributed by atoms with Crippen LogP contribution in [-0.4, -0.2) is 11.1 Å². The molecule has 0 radical (unpaired) electrons. The van der Waals surface area contributed by atoms with Crippen LogP contribution in [0.25, 0.3) is 0 Å². The van der Waals surface area contributed by atoms with Gasteiger partial charge in [0.1, 0.15) is 11.5 Å². The number of carbonyl (C=O) groups is 1. The van der Waals surface area contributed by atoms with E-state index < -0.39 is 5.97 Å². The van der Waals surface area contributed by atoms with Crippen molar-refractivity contribution < 1.29 is 14.6 Å². The summed E-state index contributed by atoms with van der Waals surface area (Å²) in [6.07, 6.45) is 10.5. The fourth-order valence-electron chi connectivity index (χ4n) is 6.22. The zero-order valence-electron chi connectivity index (χ0n) is 30.6. The molecule has 2 aromatic carbocycles. The minimum Gasteiger partial charge on any atom is -0.507 e. The summed E-state index contributed by atoms with van der Waals surface area (Å²) in [7, 11) is 0. The van der Waals surface area contributed by atoms with Crippen molar-refractivity contribution in [3.05, 3.63) is 70.3 Å². The standard InChI is InChI=1S/C41H64O3/c1-15-18-20-22-40(11,12)29-24-31(36(43)33(26-29)38(5,6)7)28(4)32-25-30(41(13,14)23-21-19-16-2)27-34(39(8,9)10)37(32)44-35(42)17-3/h17,24-28,43H,3,15-16,18-23H2,1-2,4-14H3. The minimum atomic E-state index is -0.468. The first-order chi connectivity index (χ1) is 20.2. The van der Waals surface area contributed by atoms with Crippen LogP contribution in [0.1, 0.15) is 181 Å². The van der Waals surface area contributed by atoms with Gasteiger partial charge in [0.15, 0.2) is 0 Å². The number of unbranched alkanes of at least 4 members (excludes halogenated alkanes) is 4. The van der Waals surface area contributed by atoms with E-state index in [2.05, 4.69) is 121 Å². The zero-order valence-corrected chi connectivity index (χ0v) is 30.6. The summed E-state index contributed by atoms with van der Waals surface area (Å²) < 4.78 is 6.12. The van der Waals surface area contributed by atoms with Gasteiger partial charge in [0.05, 0.1) is 0 Å². The number of phenols is 1. The molecule has 1 N–H and O–H groups in total. The van der Waals surface area contributed by atoms with Crippen molar-refractivity contribution in [2.24, 2.45) is 0 Å². The van der Waals surface area contributed by atoms with Crippen LogP contribution >= 0.6 is 0 Å². The van der Waals surface area contributed by atoms with Gasteiger partial charge in [-0.05, 0) is 51.2 Å². The summed E-state index contributed by atoms with van der Waals surface area (Å²) in [6, 6.07) is 8.94. The van der Waals surface area contributed by atoms with Gasteiger partial charge in [0.25, 0.3) is 0 Å². The third kappa shape index (κ3) is 9.24. The number of aromatic hydroxyl groups is 1. The highest BCUT2D eigenvalue weighted by Crippen LogP contribution is 2.48. The summed E-state index contributed by atoms with van der Waals surface area (Å²) in [4.78, 5) is 12.8. The van der Waals surface area contributed by atoms with Gasteiger partial charge in [-0.3, -0.25) is 0 Å². The summed E-state index contributed by atoms with van der Waals surface area (Å²) in [5.41, 5.74) is 5.63. The van der Waals surface area contributed by atoms with Gasteiger partial charge in [0.2, 0.25) is 0 Å². The van der Waals surface area contributed by atoms with E-state index in [0.717, 1.165) is 41.5 Å². The smallest absolute Gasteiger partial charge is 0.335 e. The van der Waals surface area contributed by atoms with Crippen LogP contribution in [0.5, 0.6) is 11.5 Å². The Labute approximate surface area is 270 Å². The molecule has 0 aliphatic heterocycles. The molecule has 1 atom stereocenters. The molecular formula is C41H64O3. The molecule has 44 heavy (non-hydrogen) atoms. The topological polar surface area (TPSA) is 46.5 Å². The SMILES string of the molecule is C=CC(=O)Oc1c(C(C)c2cc(C(C)(C)CCCCC)cc(C(C)(C)C)c2O)cc(C(C)(C)CCCCC)cc1C(C)(C)C. The first-order valence-corrected chi connectivity index (χ1v) is 17.1. The van der Waals surface area contributed by atoms with Crippen molar-refractivity contribution >= 4 is 5.97 Å². The highest BCUT2D eigenvalue weighted by atomic mass is 16.5. The van der Waals surface area contributed by atoms with Gasteiger partial charge in [-0.25, -0.2) is 4.79 Å². The molecule has 3 heteroatoms. The van der Waals surface area contributed by atoms with Gasteiger partial charge in [-0.15, -0.1) is 0 Å². The van der Waals surface area contributed by atoms with Gasteiger partial charge in [0, 0.05) is 28.7 Å². The number of carbonyl (C=O) groups excluding carboxylic acids is 1. The van der Waals surface area contributed by atoms with Gasteiger partial charge in [-0.2, -0.15) is 0 Å². The first-order valence-electron chi connectivity index (χ1n) is 17.1. The van der Waals surface area contributed by atoms with E-state index in [1.807, 2.05) is 0 Å². The third-order valence-electron chi connectivity index (χ3n) is 9.55.